The summed E-state index contributed by atoms with van der Waals surface area (Å²) >= 11 is 1.42. The molecule has 15 heavy (non-hydrogen) atoms. The maximum absolute atomic E-state index is 11.2. The van der Waals surface area contributed by atoms with E-state index in [0.29, 0.717) is 10.6 Å². The van der Waals surface area contributed by atoms with Gasteiger partial charge in [0.15, 0.2) is 5.78 Å². The summed E-state index contributed by atoms with van der Waals surface area (Å²) in [7, 11) is 4.04. The second-order valence-electron chi connectivity index (χ2n) is 3.68. The molecule has 0 bridgehead atoms. The first-order valence-corrected chi connectivity index (χ1v) is 5.61. The zero-order valence-corrected chi connectivity index (χ0v) is 10.1. The van der Waals surface area contributed by atoms with E-state index in [4.69, 9.17) is 5.73 Å². The first-order valence-electron chi connectivity index (χ1n) is 4.79. The highest BCUT2D eigenvalue weighted by Crippen LogP contribution is 2.29. The number of anilines is 2. The lowest BCUT2D eigenvalue weighted by Crippen LogP contribution is -2.20. The molecule has 1 aromatic heterocycles. The van der Waals surface area contributed by atoms with Crippen LogP contribution in [-0.4, -0.2) is 37.9 Å². The Labute approximate surface area is 94.1 Å². The molecule has 5 heteroatoms. The maximum atomic E-state index is 11.2. The predicted octanol–water partition coefficient (Wildman–Crippen LogP) is 1.51. The van der Waals surface area contributed by atoms with Crippen molar-refractivity contribution >= 4 is 27.8 Å². The Hall–Kier alpha value is -1.07. The van der Waals surface area contributed by atoms with Crippen molar-refractivity contribution in [2.45, 2.75) is 6.92 Å². The summed E-state index contributed by atoms with van der Waals surface area (Å²) < 4.78 is 0. The van der Waals surface area contributed by atoms with Crippen LogP contribution in [0.4, 0.5) is 10.7 Å². The molecule has 0 aliphatic heterocycles. The number of Topliss-reactive ketones (excluding diaryl/α,β-unsaturated/α-hetero) is 1. The third kappa shape index (κ3) is 3.53. The summed E-state index contributed by atoms with van der Waals surface area (Å²) in [6.07, 6.45) is 0. The van der Waals surface area contributed by atoms with E-state index in [0.717, 1.165) is 18.1 Å². The van der Waals surface area contributed by atoms with Crippen LogP contribution in [-0.2, 0) is 0 Å². The molecule has 84 valence electrons. The zero-order valence-electron chi connectivity index (χ0n) is 9.33. The van der Waals surface area contributed by atoms with Gasteiger partial charge in [-0.1, -0.05) is 0 Å². The molecule has 0 aromatic carbocycles. The summed E-state index contributed by atoms with van der Waals surface area (Å²) in [5.74, 6) is 0.0261. The Balaban J connectivity index is 2.56. The Morgan fingerprint density at radius 2 is 2.27 bits per heavy atom. The molecule has 0 radical (unpaired) electrons. The summed E-state index contributed by atoms with van der Waals surface area (Å²) in [6.45, 7) is 3.34. The number of nitrogens with zero attached hydrogens (tertiary/aromatic N) is 1. The number of likely N-dealkylation sites (N-methyl/N-ethyl adjacent to an activating group) is 1. The lowest BCUT2D eigenvalue weighted by atomic mass is 10.3. The molecular formula is C10H17N3OS. The molecule has 0 unspecified atom stereocenters. The third-order valence-corrected chi connectivity index (χ3v) is 3.15. The summed E-state index contributed by atoms with van der Waals surface area (Å²) in [5.41, 5.74) is 6.28. The van der Waals surface area contributed by atoms with Crippen LogP contribution in [0.15, 0.2) is 6.07 Å². The molecular weight excluding hydrogens is 210 g/mol. The quantitative estimate of drug-likeness (QED) is 0.749. The highest BCUT2D eigenvalue weighted by Gasteiger charge is 2.09. The van der Waals surface area contributed by atoms with Crippen molar-refractivity contribution in [3.63, 3.8) is 0 Å². The largest absolute Gasteiger partial charge is 0.397 e. The van der Waals surface area contributed by atoms with Gasteiger partial charge >= 0.3 is 0 Å². The van der Waals surface area contributed by atoms with Gasteiger partial charge in [0.05, 0.1) is 15.6 Å². The minimum Gasteiger partial charge on any atom is -0.397 e. The first-order chi connectivity index (χ1) is 7.00. The molecule has 0 aliphatic rings. The summed E-state index contributed by atoms with van der Waals surface area (Å²) in [4.78, 5) is 13.9. The molecule has 1 heterocycles. The Kier molecular flexibility index (Phi) is 4.11. The number of carbonyl (C=O) groups excluding carboxylic acids is 1. The number of nitrogen functional groups attached to an aromatic ring is 1. The number of thiophene rings is 1. The van der Waals surface area contributed by atoms with Crippen molar-refractivity contribution < 1.29 is 4.79 Å². The molecule has 0 saturated heterocycles. The Morgan fingerprint density at radius 1 is 1.60 bits per heavy atom. The van der Waals surface area contributed by atoms with Crippen molar-refractivity contribution in [1.29, 1.82) is 0 Å². The molecule has 0 spiro atoms. The second-order valence-corrected chi connectivity index (χ2v) is 4.73. The van der Waals surface area contributed by atoms with Gasteiger partial charge in [-0.05, 0) is 20.2 Å². The number of hydrogen-bond donors (Lipinski definition) is 2. The number of carbonyl (C=O) groups is 1. The lowest BCUT2D eigenvalue weighted by Gasteiger charge is -2.09. The molecule has 3 N–H and O–H groups in total. The minimum absolute atomic E-state index is 0.0261. The van der Waals surface area contributed by atoms with E-state index < -0.39 is 0 Å². The fourth-order valence-electron chi connectivity index (χ4n) is 1.17. The fourth-order valence-corrected chi connectivity index (χ4v) is 2.07. The van der Waals surface area contributed by atoms with Crippen LogP contribution in [0.3, 0.4) is 0 Å². The molecule has 0 aliphatic carbocycles. The third-order valence-electron chi connectivity index (χ3n) is 1.94. The molecule has 4 nitrogen and oxygen atoms in total. The summed E-state index contributed by atoms with van der Waals surface area (Å²) in [6, 6.07) is 1.82. The van der Waals surface area contributed by atoms with E-state index in [1.807, 2.05) is 20.2 Å². The lowest BCUT2D eigenvalue weighted by molar-refractivity contribution is 0.102. The fraction of sp³-hybridized carbons (Fsp3) is 0.500. The highest BCUT2D eigenvalue weighted by atomic mass is 32.1. The van der Waals surface area contributed by atoms with E-state index in [2.05, 4.69) is 10.2 Å². The molecule has 0 amide bonds. The van der Waals surface area contributed by atoms with E-state index in [1.165, 1.54) is 18.3 Å². The second kappa shape index (κ2) is 5.14. The standard InChI is InChI=1S/C10H17N3OS/c1-7(14)10-8(11)6-9(15-10)12-4-5-13(2)3/h6,12H,4-5,11H2,1-3H3. The van der Waals surface area contributed by atoms with Gasteiger partial charge in [-0.2, -0.15) is 0 Å². The van der Waals surface area contributed by atoms with Crippen molar-refractivity contribution in [2.24, 2.45) is 0 Å². The van der Waals surface area contributed by atoms with E-state index in [-0.39, 0.29) is 5.78 Å². The average molecular weight is 227 g/mol. The molecule has 0 saturated carbocycles. The number of hydrogen-bond acceptors (Lipinski definition) is 5. The minimum atomic E-state index is 0.0261. The molecule has 1 rings (SSSR count). The molecule has 1 aromatic rings. The number of nitrogens with two attached hydrogens (primary N) is 1. The van der Waals surface area contributed by atoms with Crippen molar-refractivity contribution in [3.05, 3.63) is 10.9 Å². The van der Waals surface area contributed by atoms with Gasteiger partial charge in [-0.25, -0.2) is 0 Å². The van der Waals surface area contributed by atoms with Crippen molar-refractivity contribution in [2.75, 3.05) is 38.2 Å². The zero-order chi connectivity index (χ0) is 11.4. The van der Waals surface area contributed by atoms with Crippen molar-refractivity contribution in [3.8, 4) is 0 Å². The van der Waals surface area contributed by atoms with Crippen LogP contribution in [0.1, 0.15) is 16.6 Å². The topological polar surface area (TPSA) is 58.4 Å². The normalized spacial score (nSPS) is 10.7. The predicted molar refractivity (Wildman–Crippen MR) is 65.8 cm³/mol. The number of nitrogens with one attached hydrogen (secondary N) is 1. The smallest absolute Gasteiger partial charge is 0.171 e. The van der Waals surface area contributed by atoms with Gasteiger partial charge in [-0.3, -0.25) is 4.79 Å². The van der Waals surface area contributed by atoms with Crippen LogP contribution < -0.4 is 11.1 Å². The van der Waals surface area contributed by atoms with Gasteiger partial charge in [0.1, 0.15) is 0 Å². The first kappa shape index (κ1) is 12.0. The number of ketones is 1. The SMILES string of the molecule is CC(=O)c1sc(NCCN(C)C)cc1N. The average Bonchev–Trinajstić information content (AvgIpc) is 2.46. The Bertz CT molecular complexity index is 346. The van der Waals surface area contributed by atoms with Gasteiger partial charge in [-0.15, -0.1) is 11.3 Å². The van der Waals surface area contributed by atoms with Crippen LogP contribution in [0.5, 0.6) is 0 Å². The van der Waals surface area contributed by atoms with Gasteiger partial charge in [0, 0.05) is 20.0 Å². The van der Waals surface area contributed by atoms with Crippen LogP contribution in [0.2, 0.25) is 0 Å². The van der Waals surface area contributed by atoms with E-state index >= 15 is 0 Å². The van der Waals surface area contributed by atoms with Crippen molar-refractivity contribution in [1.82, 2.24) is 4.90 Å². The summed E-state index contributed by atoms with van der Waals surface area (Å²) in [5, 5.41) is 4.19. The molecule has 0 fully saturated rings. The van der Waals surface area contributed by atoms with Crippen LogP contribution >= 0.6 is 11.3 Å². The van der Waals surface area contributed by atoms with E-state index in [1.54, 1.807) is 0 Å². The highest BCUT2D eigenvalue weighted by molar-refractivity contribution is 7.18. The Morgan fingerprint density at radius 3 is 2.73 bits per heavy atom. The maximum Gasteiger partial charge on any atom is 0.171 e. The van der Waals surface area contributed by atoms with Crippen LogP contribution in [0.25, 0.3) is 0 Å². The van der Waals surface area contributed by atoms with Crippen LogP contribution in [0, 0.1) is 0 Å². The number of rotatable bonds is 5. The van der Waals surface area contributed by atoms with Gasteiger partial charge in [0.25, 0.3) is 0 Å². The van der Waals surface area contributed by atoms with Gasteiger partial charge in [0.2, 0.25) is 0 Å². The monoisotopic (exact) mass is 227 g/mol. The van der Waals surface area contributed by atoms with E-state index in [9.17, 15) is 4.79 Å². The molecule has 0 atom stereocenters. The van der Waals surface area contributed by atoms with Gasteiger partial charge < -0.3 is 16.0 Å².